The number of ether oxygens (including phenoxy) is 9. The van der Waals surface area contributed by atoms with E-state index in [4.69, 9.17) is 47.7 Å². The minimum Gasteiger partial charge on any atom is -0.394 e. The van der Waals surface area contributed by atoms with Crippen LogP contribution in [0, 0.1) is 0 Å². The Morgan fingerprint density at radius 3 is 1.11 bits per heavy atom. The lowest BCUT2D eigenvalue weighted by atomic mass is 10.1. The van der Waals surface area contributed by atoms with Gasteiger partial charge in [0.05, 0.1) is 116 Å². The van der Waals surface area contributed by atoms with Gasteiger partial charge in [-0.05, 0) is 41.0 Å². The molecule has 1 N–H and O–H groups in total. The van der Waals surface area contributed by atoms with Gasteiger partial charge < -0.3 is 47.7 Å². The van der Waals surface area contributed by atoms with Crippen LogP contribution in [0.1, 0.15) is 119 Å². The molecule has 0 aliphatic heterocycles. The molecule has 0 aliphatic carbocycles. The second kappa shape index (κ2) is 36.9. The van der Waals surface area contributed by atoms with Crippen molar-refractivity contribution >= 4 is 0 Å². The van der Waals surface area contributed by atoms with E-state index < -0.39 is 0 Å². The molecule has 0 spiro atoms. The molecule has 0 heterocycles. The van der Waals surface area contributed by atoms with Crippen LogP contribution in [0.25, 0.3) is 0 Å². The first-order valence-corrected chi connectivity index (χ1v) is 18.9. The summed E-state index contributed by atoms with van der Waals surface area (Å²) in [6.45, 7) is 19.1. The minimum absolute atomic E-state index is 0.0139. The normalized spacial score (nSPS) is 15.1. The summed E-state index contributed by atoms with van der Waals surface area (Å²) in [4.78, 5) is 0. The van der Waals surface area contributed by atoms with Crippen molar-refractivity contribution in [2.75, 3.05) is 92.5 Å². The highest BCUT2D eigenvalue weighted by molar-refractivity contribution is 4.58. The van der Waals surface area contributed by atoms with E-state index in [1.807, 2.05) is 27.7 Å². The Bertz CT molecular complexity index is 599. The highest BCUT2D eigenvalue weighted by Crippen LogP contribution is 2.12. The van der Waals surface area contributed by atoms with Crippen LogP contribution in [0.5, 0.6) is 0 Å². The first-order valence-electron chi connectivity index (χ1n) is 18.9. The highest BCUT2D eigenvalue weighted by atomic mass is 16.6. The van der Waals surface area contributed by atoms with Crippen molar-refractivity contribution in [1.82, 2.24) is 0 Å². The van der Waals surface area contributed by atoms with Gasteiger partial charge in [-0.3, -0.25) is 0 Å². The summed E-state index contributed by atoms with van der Waals surface area (Å²) in [5.41, 5.74) is 0. The summed E-state index contributed by atoms with van der Waals surface area (Å²) >= 11 is 0. The molecule has 0 aromatic carbocycles. The average molecular weight is 681 g/mol. The van der Waals surface area contributed by atoms with E-state index in [0.29, 0.717) is 79.3 Å². The fourth-order valence-corrected chi connectivity index (χ4v) is 4.65. The fraction of sp³-hybridized carbons (Fsp3) is 1.00. The largest absolute Gasteiger partial charge is 0.394 e. The lowest BCUT2D eigenvalue weighted by Gasteiger charge is -2.22. The van der Waals surface area contributed by atoms with Crippen LogP contribution in [-0.2, 0) is 42.6 Å². The fourth-order valence-electron chi connectivity index (χ4n) is 4.65. The first kappa shape index (κ1) is 46.6. The average Bonchev–Trinajstić information content (AvgIpc) is 3.07. The van der Waals surface area contributed by atoms with Gasteiger partial charge in [-0.25, -0.2) is 0 Å². The van der Waals surface area contributed by atoms with Crippen molar-refractivity contribution in [2.24, 2.45) is 0 Å². The van der Waals surface area contributed by atoms with E-state index in [1.165, 1.54) is 70.6 Å². The van der Waals surface area contributed by atoms with Crippen molar-refractivity contribution in [1.29, 1.82) is 0 Å². The number of unbranched alkanes of at least 4 members (excludes halogenated alkanes) is 11. The van der Waals surface area contributed by atoms with Crippen molar-refractivity contribution in [3.05, 3.63) is 0 Å². The molecule has 5 atom stereocenters. The van der Waals surface area contributed by atoms with Crippen LogP contribution >= 0.6 is 0 Å². The van der Waals surface area contributed by atoms with Crippen LogP contribution in [-0.4, -0.2) is 128 Å². The molecule has 0 fully saturated rings. The Morgan fingerprint density at radius 1 is 0.340 bits per heavy atom. The lowest BCUT2D eigenvalue weighted by Crippen LogP contribution is -2.29. The van der Waals surface area contributed by atoms with Crippen LogP contribution in [0.2, 0.25) is 0 Å². The molecule has 5 unspecified atom stereocenters. The summed E-state index contributed by atoms with van der Waals surface area (Å²) in [6.07, 6.45) is 16.2. The van der Waals surface area contributed by atoms with Crippen LogP contribution in [0.15, 0.2) is 0 Å². The van der Waals surface area contributed by atoms with Gasteiger partial charge in [0.25, 0.3) is 0 Å². The summed E-state index contributed by atoms with van der Waals surface area (Å²) < 4.78 is 51.2. The Labute approximate surface area is 289 Å². The van der Waals surface area contributed by atoms with Crippen LogP contribution in [0.4, 0.5) is 0 Å². The molecular weight excluding hydrogens is 604 g/mol. The summed E-state index contributed by atoms with van der Waals surface area (Å²) in [5.74, 6) is 0. The quantitative estimate of drug-likeness (QED) is 0.0700. The van der Waals surface area contributed by atoms with Gasteiger partial charge in [0, 0.05) is 6.61 Å². The topological polar surface area (TPSA) is 103 Å². The monoisotopic (exact) mass is 681 g/mol. The molecule has 0 amide bonds. The Kier molecular flexibility index (Phi) is 36.6. The van der Waals surface area contributed by atoms with Crippen molar-refractivity contribution in [3.8, 4) is 0 Å². The van der Waals surface area contributed by atoms with E-state index in [2.05, 4.69) is 13.8 Å². The SMILES string of the molecule is CCCCCCCCCCCCCCOCC(C)OCC(C)OCC(C)OCC(C)OCC(C)OCCOCCOCCOCCO. The van der Waals surface area contributed by atoms with E-state index in [0.717, 1.165) is 13.0 Å². The molecule has 0 aromatic heterocycles. The van der Waals surface area contributed by atoms with Crippen LogP contribution in [0.3, 0.4) is 0 Å². The third-order valence-corrected chi connectivity index (χ3v) is 7.57. The zero-order valence-corrected chi connectivity index (χ0v) is 31.4. The molecule has 0 saturated heterocycles. The second-order valence-electron chi connectivity index (χ2n) is 12.8. The van der Waals surface area contributed by atoms with Gasteiger partial charge in [0.1, 0.15) is 0 Å². The third kappa shape index (κ3) is 36.7. The number of hydrogen-bond acceptors (Lipinski definition) is 10. The first-order chi connectivity index (χ1) is 22.9. The third-order valence-electron chi connectivity index (χ3n) is 7.57. The van der Waals surface area contributed by atoms with Gasteiger partial charge in [0.2, 0.25) is 0 Å². The zero-order valence-electron chi connectivity index (χ0n) is 31.4. The van der Waals surface area contributed by atoms with Gasteiger partial charge in [-0.1, -0.05) is 77.6 Å². The Hall–Kier alpha value is -0.400. The summed E-state index contributed by atoms with van der Waals surface area (Å²) in [6, 6.07) is 0. The molecule has 0 bridgehead atoms. The van der Waals surface area contributed by atoms with Crippen molar-refractivity contribution in [2.45, 2.75) is 149 Å². The van der Waals surface area contributed by atoms with E-state index in [1.54, 1.807) is 0 Å². The summed E-state index contributed by atoms with van der Waals surface area (Å²) in [5, 5.41) is 8.63. The predicted molar refractivity (Wildman–Crippen MR) is 189 cm³/mol. The smallest absolute Gasteiger partial charge is 0.0781 e. The van der Waals surface area contributed by atoms with Gasteiger partial charge >= 0.3 is 0 Å². The Balaban J connectivity index is 3.56. The molecular formula is C37H76O10. The summed E-state index contributed by atoms with van der Waals surface area (Å²) in [7, 11) is 0. The zero-order chi connectivity index (χ0) is 34.6. The molecule has 10 nitrogen and oxygen atoms in total. The number of rotatable bonds is 39. The van der Waals surface area contributed by atoms with Crippen molar-refractivity contribution in [3.63, 3.8) is 0 Å². The molecule has 0 aromatic rings. The number of aliphatic hydroxyl groups is 1. The van der Waals surface area contributed by atoms with E-state index in [9.17, 15) is 0 Å². The van der Waals surface area contributed by atoms with Gasteiger partial charge in [0.15, 0.2) is 0 Å². The molecule has 47 heavy (non-hydrogen) atoms. The number of hydrogen-bond donors (Lipinski definition) is 1. The highest BCUT2D eigenvalue weighted by Gasteiger charge is 2.13. The number of aliphatic hydroxyl groups excluding tert-OH is 1. The van der Waals surface area contributed by atoms with Gasteiger partial charge in [-0.15, -0.1) is 0 Å². The molecule has 0 saturated carbocycles. The predicted octanol–water partition coefficient (Wildman–Crippen LogP) is 6.77. The second-order valence-corrected chi connectivity index (χ2v) is 12.8. The maximum Gasteiger partial charge on any atom is 0.0781 e. The maximum atomic E-state index is 8.63. The molecule has 0 radical (unpaired) electrons. The standard InChI is InChI=1S/C37H76O10/c1-7-8-9-10-11-12-13-14-15-16-17-18-20-42-28-33(2)44-30-35(4)46-32-37(6)47-31-36(5)45-29-34(3)43-27-26-41-25-24-40-23-22-39-21-19-38/h33-38H,7-32H2,1-6H3. The van der Waals surface area contributed by atoms with Gasteiger partial charge in [-0.2, -0.15) is 0 Å². The van der Waals surface area contributed by atoms with Crippen LogP contribution < -0.4 is 0 Å². The maximum absolute atomic E-state index is 8.63. The van der Waals surface area contributed by atoms with E-state index in [-0.39, 0.29) is 37.1 Å². The lowest BCUT2D eigenvalue weighted by molar-refractivity contribution is -0.101. The molecule has 0 aliphatic rings. The molecule has 284 valence electrons. The minimum atomic E-state index is -0.0465. The van der Waals surface area contributed by atoms with E-state index >= 15 is 0 Å². The van der Waals surface area contributed by atoms with Crippen molar-refractivity contribution < 1.29 is 47.7 Å². The Morgan fingerprint density at radius 2 is 0.681 bits per heavy atom. The molecule has 0 rings (SSSR count). The molecule has 10 heteroatoms.